The maximum absolute atomic E-state index is 5.90. The van der Waals surface area contributed by atoms with Crippen LogP contribution in [0.3, 0.4) is 0 Å². The molecule has 0 aliphatic rings. The normalized spacial score (nSPS) is 10.6. The number of benzene rings is 1. The van der Waals surface area contributed by atoms with Gasteiger partial charge in [0, 0.05) is 21.6 Å². The summed E-state index contributed by atoms with van der Waals surface area (Å²) in [4.78, 5) is 1.24. The second kappa shape index (κ2) is 5.42. The van der Waals surface area contributed by atoms with Gasteiger partial charge in [-0.25, -0.2) is 0 Å². The lowest BCUT2D eigenvalue weighted by molar-refractivity contribution is 1.18. The summed E-state index contributed by atoms with van der Waals surface area (Å²) in [5.74, 6) is 0. The standard InChI is InChI=1S/C13H13BrClNS/c1-8-5-10(6-9(2)13(8)14)16-7-11-3-4-12(15)17-11/h3-6,16H,7H2,1-2H3. The van der Waals surface area contributed by atoms with Gasteiger partial charge in [-0.05, 0) is 49.2 Å². The molecular formula is C13H13BrClNS. The number of halogens is 2. The first-order valence-corrected chi connectivity index (χ1v) is 7.30. The van der Waals surface area contributed by atoms with Gasteiger partial charge in [-0.2, -0.15) is 0 Å². The highest BCUT2D eigenvalue weighted by atomic mass is 79.9. The van der Waals surface area contributed by atoms with Gasteiger partial charge in [0.1, 0.15) is 0 Å². The third kappa shape index (κ3) is 3.24. The van der Waals surface area contributed by atoms with Crippen molar-refractivity contribution < 1.29 is 0 Å². The number of aryl methyl sites for hydroxylation is 2. The van der Waals surface area contributed by atoms with Gasteiger partial charge in [-0.1, -0.05) is 27.5 Å². The zero-order valence-electron chi connectivity index (χ0n) is 9.68. The van der Waals surface area contributed by atoms with Gasteiger partial charge in [0.2, 0.25) is 0 Å². The molecule has 0 unspecified atom stereocenters. The lowest BCUT2D eigenvalue weighted by atomic mass is 10.1. The van der Waals surface area contributed by atoms with Crippen LogP contribution in [-0.2, 0) is 6.54 Å². The number of thiophene rings is 1. The van der Waals surface area contributed by atoms with Crippen molar-refractivity contribution in [3.8, 4) is 0 Å². The Balaban J connectivity index is 2.09. The van der Waals surface area contributed by atoms with Crippen LogP contribution in [0, 0.1) is 13.8 Å². The number of nitrogens with one attached hydrogen (secondary N) is 1. The van der Waals surface area contributed by atoms with Gasteiger partial charge >= 0.3 is 0 Å². The molecule has 1 aromatic carbocycles. The van der Waals surface area contributed by atoms with Crippen LogP contribution in [0.15, 0.2) is 28.7 Å². The van der Waals surface area contributed by atoms with Gasteiger partial charge in [-0.15, -0.1) is 11.3 Å². The van der Waals surface area contributed by atoms with Crippen LogP contribution < -0.4 is 5.32 Å². The Bertz CT molecular complexity index is 513. The van der Waals surface area contributed by atoms with Crippen molar-refractivity contribution >= 4 is 44.6 Å². The zero-order chi connectivity index (χ0) is 12.4. The molecule has 0 spiro atoms. The van der Waals surface area contributed by atoms with Crippen LogP contribution in [0.5, 0.6) is 0 Å². The summed E-state index contributed by atoms with van der Waals surface area (Å²) in [6.45, 7) is 5.02. The number of rotatable bonds is 3. The first-order chi connectivity index (χ1) is 8.06. The molecule has 0 aliphatic carbocycles. The van der Waals surface area contributed by atoms with Crippen molar-refractivity contribution in [3.63, 3.8) is 0 Å². The lowest BCUT2D eigenvalue weighted by Gasteiger charge is -2.09. The number of hydrogen-bond donors (Lipinski definition) is 1. The Labute approximate surface area is 119 Å². The topological polar surface area (TPSA) is 12.0 Å². The van der Waals surface area contributed by atoms with Crippen LogP contribution >= 0.6 is 38.9 Å². The van der Waals surface area contributed by atoms with Crippen LogP contribution in [0.25, 0.3) is 0 Å². The minimum absolute atomic E-state index is 0.817. The van der Waals surface area contributed by atoms with E-state index in [1.165, 1.54) is 20.5 Å². The fraction of sp³-hybridized carbons (Fsp3) is 0.231. The number of anilines is 1. The van der Waals surface area contributed by atoms with E-state index in [9.17, 15) is 0 Å². The van der Waals surface area contributed by atoms with Crippen molar-refractivity contribution in [1.29, 1.82) is 0 Å². The molecular weight excluding hydrogens is 318 g/mol. The van der Waals surface area contributed by atoms with Crippen LogP contribution in [0.4, 0.5) is 5.69 Å². The smallest absolute Gasteiger partial charge is 0.0931 e. The fourth-order valence-electron chi connectivity index (χ4n) is 1.68. The molecule has 0 aliphatic heterocycles. The average Bonchev–Trinajstić information content (AvgIpc) is 2.69. The molecule has 0 saturated heterocycles. The van der Waals surface area contributed by atoms with E-state index >= 15 is 0 Å². The average molecular weight is 331 g/mol. The molecule has 2 aromatic rings. The summed E-state index contributed by atoms with van der Waals surface area (Å²) in [7, 11) is 0. The van der Waals surface area contributed by atoms with Gasteiger partial charge in [0.05, 0.1) is 4.34 Å². The molecule has 0 radical (unpaired) electrons. The predicted molar refractivity (Wildman–Crippen MR) is 80.3 cm³/mol. The molecule has 1 heterocycles. The molecule has 1 nitrogen and oxygen atoms in total. The second-order valence-electron chi connectivity index (χ2n) is 3.98. The van der Waals surface area contributed by atoms with Crippen molar-refractivity contribution in [3.05, 3.63) is 49.1 Å². The van der Waals surface area contributed by atoms with Gasteiger partial charge < -0.3 is 5.32 Å². The van der Waals surface area contributed by atoms with Crippen molar-refractivity contribution in [2.75, 3.05) is 5.32 Å². The van der Waals surface area contributed by atoms with Crippen molar-refractivity contribution in [1.82, 2.24) is 0 Å². The molecule has 1 N–H and O–H groups in total. The summed E-state index contributed by atoms with van der Waals surface area (Å²) < 4.78 is 2.02. The zero-order valence-corrected chi connectivity index (χ0v) is 12.8. The third-order valence-electron chi connectivity index (χ3n) is 2.53. The van der Waals surface area contributed by atoms with E-state index in [-0.39, 0.29) is 0 Å². The summed E-state index contributed by atoms with van der Waals surface area (Å²) >= 11 is 11.1. The van der Waals surface area contributed by atoms with E-state index < -0.39 is 0 Å². The SMILES string of the molecule is Cc1cc(NCc2ccc(Cl)s2)cc(C)c1Br. The molecule has 0 atom stereocenters. The van der Waals surface area contributed by atoms with E-state index in [1.807, 2.05) is 6.07 Å². The Kier molecular flexibility index (Phi) is 4.13. The monoisotopic (exact) mass is 329 g/mol. The van der Waals surface area contributed by atoms with Crippen LogP contribution in [0.1, 0.15) is 16.0 Å². The maximum atomic E-state index is 5.90. The minimum atomic E-state index is 0.817. The first-order valence-electron chi connectivity index (χ1n) is 5.31. The van der Waals surface area contributed by atoms with Crippen LogP contribution in [-0.4, -0.2) is 0 Å². The largest absolute Gasteiger partial charge is 0.380 e. The van der Waals surface area contributed by atoms with Gasteiger partial charge in [0.25, 0.3) is 0 Å². The third-order valence-corrected chi connectivity index (χ3v) is 5.01. The molecule has 4 heteroatoms. The molecule has 0 bridgehead atoms. The summed E-state index contributed by atoms with van der Waals surface area (Å²) in [6, 6.07) is 8.28. The Hall–Kier alpha value is -0.510. The van der Waals surface area contributed by atoms with Gasteiger partial charge in [0.15, 0.2) is 0 Å². The summed E-state index contributed by atoms with van der Waals surface area (Å²) in [5, 5.41) is 3.41. The van der Waals surface area contributed by atoms with E-state index in [4.69, 9.17) is 11.6 Å². The minimum Gasteiger partial charge on any atom is -0.380 e. The maximum Gasteiger partial charge on any atom is 0.0931 e. The molecule has 0 saturated carbocycles. The van der Waals surface area contributed by atoms with Gasteiger partial charge in [-0.3, -0.25) is 0 Å². The summed E-state index contributed by atoms with van der Waals surface area (Å²) in [5.41, 5.74) is 3.64. The lowest BCUT2D eigenvalue weighted by Crippen LogP contribution is -1.98. The predicted octanol–water partition coefficient (Wildman–Crippen LogP) is 5.39. The Morgan fingerprint density at radius 1 is 1.24 bits per heavy atom. The van der Waals surface area contributed by atoms with E-state index in [1.54, 1.807) is 11.3 Å². The van der Waals surface area contributed by atoms with E-state index in [0.29, 0.717) is 0 Å². The van der Waals surface area contributed by atoms with Crippen molar-refractivity contribution in [2.45, 2.75) is 20.4 Å². The van der Waals surface area contributed by atoms with Crippen molar-refractivity contribution in [2.24, 2.45) is 0 Å². The highest BCUT2D eigenvalue weighted by molar-refractivity contribution is 9.10. The first kappa shape index (κ1) is 12.9. The highest BCUT2D eigenvalue weighted by Crippen LogP contribution is 2.26. The van der Waals surface area contributed by atoms with E-state index in [2.05, 4.69) is 53.3 Å². The van der Waals surface area contributed by atoms with Crippen LogP contribution in [0.2, 0.25) is 4.34 Å². The molecule has 17 heavy (non-hydrogen) atoms. The molecule has 0 amide bonds. The molecule has 90 valence electrons. The number of hydrogen-bond acceptors (Lipinski definition) is 2. The fourth-order valence-corrected chi connectivity index (χ4v) is 2.94. The molecule has 2 rings (SSSR count). The molecule has 0 fully saturated rings. The Morgan fingerprint density at radius 2 is 1.88 bits per heavy atom. The highest BCUT2D eigenvalue weighted by Gasteiger charge is 2.03. The van der Waals surface area contributed by atoms with E-state index in [0.717, 1.165) is 16.6 Å². The quantitative estimate of drug-likeness (QED) is 0.795. The summed E-state index contributed by atoms with van der Waals surface area (Å²) in [6.07, 6.45) is 0. The molecule has 1 aromatic heterocycles. The Morgan fingerprint density at radius 3 is 2.41 bits per heavy atom. The second-order valence-corrected chi connectivity index (χ2v) is 6.58.